The summed E-state index contributed by atoms with van der Waals surface area (Å²) in [4.78, 5) is 2.63. The number of anilines is 1. The molecule has 0 bridgehead atoms. The zero-order valence-electron chi connectivity index (χ0n) is 9.52. The first-order chi connectivity index (χ1) is 7.84. The van der Waals surface area contributed by atoms with Crippen molar-refractivity contribution in [3.05, 3.63) is 29.3 Å². The van der Waals surface area contributed by atoms with E-state index in [-0.39, 0.29) is 0 Å². The van der Waals surface area contributed by atoms with Gasteiger partial charge in [-0.1, -0.05) is 12.1 Å². The molecule has 2 N–H and O–H groups in total. The molecule has 1 aromatic carbocycles. The largest absolute Gasteiger partial charge is 0.368 e. The third-order valence-electron chi connectivity index (χ3n) is 4.48. The second kappa shape index (κ2) is 3.01. The fraction of sp³-hybridized carbons (Fsp3) is 0.571. The molecule has 0 aromatic heterocycles. The third kappa shape index (κ3) is 1.11. The lowest BCUT2D eigenvalue weighted by Gasteiger charge is -2.34. The molecule has 84 valence electrons. The van der Waals surface area contributed by atoms with Gasteiger partial charge < -0.3 is 10.6 Å². The van der Waals surface area contributed by atoms with Crippen molar-refractivity contribution in [1.82, 2.24) is 0 Å². The van der Waals surface area contributed by atoms with Crippen LogP contribution in [0.2, 0.25) is 0 Å². The van der Waals surface area contributed by atoms with Gasteiger partial charge >= 0.3 is 0 Å². The van der Waals surface area contributed by atoms with Crippen LogP contribution in [0, 0.1) is 0 Å². The van der Waals surface area contributed by atoms with Crippen molar-refractivity contribution in [3.63, 3.8) is 0 Å². The summed E-state index contributed by atoms with van der Waals surface area (Å²) in [5, 5.41) is 0. The molecule has 1 fully saturated rings. The van der Waals surface area contributed by atoms with Crippen LogP contribution in [0.25, 0.3) is 0 Å². The van der Waals surface area contributed by atoms with Gasteiger partial charge in [-0.15, -0.1) is 0 Å². The van der Waals surface area contributed by atoms with E-state index in [1.165, 1.54) is 43.5 Å². The normalized spacial score (nSPS) is 31.7. The molecule has 2 atom stereocenters. The predicted octanol–water partition coefficient (Wildman–Crippen LogP) is 2.55. The predicted molar refractivity (Wildman–Crippen MR) is 65.7 cm³/mol. The highest BCUT2D eigenvalue weighted by molar-refractivity contribution is 5.64. The van der Waals surface area contributed by atoms with Crippen LogP contribution in [-0.4, -0.2) is 12.6 Å². The fourth-order valence-electron chi connectivity index (χ4n) is 3.58. The van der Waals surface area contributed by atoms with Crippen molar-refractivity contribution in [2.75, 3.05) is 11.4 Å². The van der Waals surface area contributed by atoms with Gasteiger partial charge in [0.05, 0.1) is 0 Å². The molecule has 0 saturated heterocycles. The monoisotopic (exact) mass is 214 g/mol. The Morgan fingerprint density at radius 3 is 2.88 bits per heavy atom. The first-order valence-electron chi connectivity index (χ1n) is 6.49. The van der Waals surface area contributed by atoms with Crippen molar-refractivity contribution < 1.29 is 0 Å². The Kier molecular flexibility index (Phi) is 1.70. The van der Waals surface area contributed by atoms with E-state index >= 15 is 0 Å². The van der Waals surface area contributed by atoms with Gasteiger partial charge in [-0.05, 0) is 48.8 Å². The number of benzene rings is 1. The summed E-state index contributed by atoms with van der Waals surface area (Å²) in [6.07, 6.45) is 5.26. The van der Waals surface area contributed by atoms with Crippen LogP contribution in [0.3, 0.4) is 0 Å². The second-order valence-corrected chi connectivity index (χ2v) is 5.53. The fourth-order valence-corrected chi connectivity index (χ4v) is 3.58. The van der Waals surface area contributed by atoms with E-state index in [1.54, 1.807) is 5.56 Å². The third-order valence-corrected chi connectivity index (χ3v) is 4.48. The molecule has 1 saturated carbocycles. The minimum atomic E-state index is 0.291. The summed E-state index contributed by atoms with van der Waals surface area (Å²) in [5.74, 6) is 0.746. The summed E-state index contributed by atoms with van der Waals surface area (Å²) in [7, 11) is 0. The molecule has 4 rings (SSSR count). The maximum absolute atomic E-state index is 6.23. The molecule has 2 unspecified atom stereocenters. The summed E-state index contributed by atoms with van der Waals surface area (Å²) >= 11 is 0. The van der Waals surface area contributed by atoms with Crippen LogP contribution in [0.1, 0.15) is 48.8 Å². The van der Waals surface area contributed by atoms with Crippen LogP contribution >= 0.6 is 0 Å². The molecule has 1 aliphatic heterocycles. The van der Waals surface area contributed by atoms with Crippen molar-refractivity contribution in [1.29, 1.82) is 0 Å². The Hall–Kier alpha value is -1.02. The minimum absolute atomic E-state index is 0.291. The molecular weight excluding hydrogens is 196 g/mol. The topological polar surface area (TPSA) is 29.3 Å². The van der Waals surface area contributed by atoms with Gasteiger partial charge in [0.25, 0.3) is 0 Å². The smallest absolute Gasteiger partial charge is 0.0407 e. The molecule has 2 nitrogen and oxygen atoms in total. The molecule has 0 amide bonds. The molecule has 2 heteroatoms. The van der Waals surface area contributed by atoms with Crippen molar-refractivity contribution in [3.8, 4) is 0 Å². The summed E-state index contributed by atoms with van der Waals surface area (Å²) in [5.41, 5.74) is 10.7. The van der Waals surface area contributed by atoms with E-state index in [0.29, 0.717) is 6.04 Å². The molecule has 2 aliphatic carbocycles. The van der Waals surface area contributed by atoms with E-state index in [9.17, 15) is 0 Å². The number of hydrogen-bond acceptors (Lipinski definition) is 2. The first-order valence-corrected chi connectivity index (χ1v) is 6.49. The molecule has 0 spiro atoms. The van der Waals surface area contributed by atoms with Gasteiger partial charge in [-0.3, -0.25) is 0 Å². The molecule has 1 heterocycles. The van der Waals surface area contributed by atoms with E-state index in [4.69, 9.17) is 5.73 Å². The molecule has 3 aliphatic rings. The number of nitrogens with two attached hydrogens (primary N) is 1. The highest BCUT2D eigenvalue weighted by Crippen LogP contribution is 2.50. The van der Waals surface area contributed by atoms with Crippen LogP contribution in [0.15, 0.2) is 18.2 Å². The average Bonchev–Trinajstić information content (AvgIpc) is 3.08. The van der Waals surface area contributed by atoms with Gasteiger partial charge in [-0.25, -0.2) is 0 Å². The van der Waals surface area contributed by atoms with E-state index in [2.05, 4.69) is 23.1 Å². The van der Waals surface area contributed by atoms with Crippen molar-refractivity contribution >= 4 is 5.69 Å². The molecule has 0 radical (unpaired) electrons. The molecule has 1 aromatic rings. The Bertz CT molecular complexity index is 436. The first kappa shape index (κ1) is 9.06. The quantitative estimate of drug-likeness (QED) is 0.778. The SMILES string of the molecule is NC1CC2CCN(C3CC3)c3cccc1c32. The molecule has 16 heavy (non-hydrogen) atoms. The number of rotatable bonds is 1. The van der Waals surface area contributed by atoms with Gasteiger partial charge in [0.2, 0.25) is 0 Å². The molecular formula is C14H18N2. The van der Waals surface area contributed by atoms with Gasteiger partial charge in [0.15, 0.2) is 0 Å². The van der Waals surface area contributed by atoms with Gasteiger partial charge in [0.1, 0.15) is 0 Å². The second-order valence-electron chi connectivity index (χ2n) is 5.53. The Balaban J connectivity index is 1.87. The van der Waals surface area contributed by atoms with Crippen LogP contribution in [-0.2, 0) is 0 Å². The van der Waals surface area contributed by atoms with E-state index in [0.717, 1.165) is 12.0 Å². The number of nitrogens with zero attached hydrogens (tertiary/aromatic N) is 1. The summed E-state index contributed by atoms with van der Waals surface area (Å²) in [6, 6.07) is 7.86. The van der Waals surface area contributed by atoms with Crippen LogP contribution in [0.4, 0.5) is 5.69 Å². The highest BCUT2D eigenvalue weighted by atomic mass is 15.2. The lowest BCUT2D eigenvalue weighted by Crippen LogP contribution is -2.32. The zero-order chi connectivity index (χ0) is 10.7. The average molecular weight is 214 g/mol. The Labute approximate surface area is 96.4 Å². The maximum Gasteiger partial charge on any atom is 0.0407 e. The number of hydrogen-bond donors (Lipinski definition) is 1. The van der Waals surface area contributed by atoms with E-state index < -0.39 is 0 Å². The van der Waals surface area contributed by atoms with Crippen LogP contribution in [0.5, 0.6) is 0 Å². The van der Waals surface area contributed by atoms with Gasteiger partial charge in [-0.2, -0.15) is 0 Å². The van der Waals surface area contributed by atoms with Gasteiger partial charge in [0, 0.05) is 24.3 Å². The maximum atomic E-state index is 6.23. The lowest BCUT2D eigenvalue weighted by atomic mass is 9.91. The van der Waals surface area contributed by atoms with Crippen molar-refractivity contribution in [2.45, 2.75) is 43.7 Å². The standard InChI is InChI=1S/C14H18N2/c15-12-8-9-6-7-16(10-4-5-10)13-3-1-2-11(12)14(9)13/h1-3,9-10,12H,4-8,15H2. The minimum Gasteiger partial charge on any atom is -0.368 e. The Morgan fingerprint density at radius 2 is 2.06 bits per heavy atom. The lowest BCUT2D eigenvalue weighted by molar-refractivity contribution is 0.540. The summed E-state index contributed by atoms with van der Waals surface area (Å²) < 4.78 is 0. The highest BCUT2D eigenvalue weighted by Gasteiger charge is 2.39. The van der Waals surface area contributed by atoms with Crippen molar-refractivity contribution in [2.24, 2.45) is 5.73 Å². The van der Waals surface area contributed by atoms with Crippen LogP contribution < -0.4 is 10.6 Å². The van der Waals surface area contributed by atoms with E-state index in [1.807, 2.05) is 0 Å². The Morgan fingerprint density at radius 1 is 1.19 bits per heavy atom. The summed E-state index contributed by atoms with van der Waals surface area (Å²) in [6.45, 7) is 1.25. The zero-order valence-corrected chi connectivity index (χ0v) is 9.52.